The van der Waals surface area contributed by atoms with Gasteiger partial charge in [-0.2, -0.15) is 0 Å². The summed E-state index contributed by atoms with van der Waals surface area (Å²) in [6, 6.07) is 8.78. The normalized spacial score (nSPS) is 27.8. The molecule has 1 fully saturated rings. The molecule has 2 nitrogen and oxygen atoms in total. The highest BCUT2D eigenvalue weighted by molar-refractivity contribution is 6.30. The van der Waals surface area contributed by atoms with Crippen molar-refractivity contribution < 1.29 is 0 Å². The SMILES string of the molecule is CCC1(C)CNC(C(C)(C)C)CN1Cc1cccc(Cl)c1. The average molecular weight is 309 g/mol. The largest absolute Gasteiger partial charge is 0.310 e. The molecule has 0 amide bonds. The highest BCUT2D eigenvalue weighted by atomic mass is 35.5. The van der Waals surface area contributed by atoms with Gasteiger partial charge in [0.2, 0.25) is 0 Å². The molecule has 1 heterocycles. The van der Waals surface area contributed by atoms with E-state index in [1.165, 1.54) is 5.56 Å². The van der Waals surface area contributed by atoms with Crippen molar-refractivity contribution >= 4 is 11.6 Å². The van der Waals surface area contributed by atoms with E-state index in [2.05, 4.69) is 57.0 Å². The van der Waals surface area contributed by atoms with Gasteiger partial charge in [0, 0.05) is 36.2 Å². The van der Waals surface area contributed by atoms with Crippen LogP contribution in [-0.4, -0.2) is 29.6 Å². The van der Waals surface area contributed by atoms with Crippen LogP contribution < -0.4 is 5.32 Å². The van der Waals surface area contributed by atoms with Crippen LogP contribution in [-0.2, 0) is 6.54 Å². The zero-order valence-electron chi connectivity index (χ0n) is 14.0. The second kappa shape index (κ2) is 6.28. The summed E-state index contributed by atoms with van der Waals surface area (Å²) >= 11 is 6.14. The molecular weight excluding hydrogens is 280 g/mol. The predicted octanol–water partition coefficient (Wildman–Crippen LogP) is 4.33. The van der Waals surface area contributed by atoms with Crippen molar-refractivity contribution in [1.82, 2.24) is 10.2 Å². The maximum atomic E-state index is 6.14. The molecule has 0 bridgehead atoms. The van der Waals surface area contributed by atoms with Gasteiger partial charge in [0.25, 0.3) is 0 Å². The summed E-state index contributed by atoms with van der Waals surface area (Å²) in [7, 11) is 0. The first-order valence-electron chi connectivity index (χ1n) is 7.97. The number of nitrogens with zero attached hydrogens (tertiary/aromatic N) is 1. The Kier molecular flexibility index (Phi) is 5.02. The van der Waals surface area contributed by atoms with E-state index in [1.807, 2.05) is 12.1 Å². The summed E-state index contributed by atoms with van der Waals surface area (Å²) in [6.07, 6.45) is 1.15. The lowest BCUT2D eigenvalue weighted by molar-refractivity contribution is 0.0157. The Labute approximate surface area is 134 Å². The first-order valence-corrected chi connectivity index (χ1v) is 8.35. The quantitative estimate of drug-likeness (QED) is 0.894. The van der Waals surface area contributed by atoms with Crippen molar-refractivity contribution in [3.05, 3.63) is 34.9 Å². The van der Waals surface area contributed by atoms with E-state index in [9.17, 15) is 0 Å². The van der Waals surface area contributed by atoms with Gasteiger partial charge in [-0.05, 0) is 36.5 Å². The van der Waals surface area contributed by atoms with Gasteiger partial charge in [0.15, 0.2) is 0 Å². The van der Waals surface area contributed by atoms with Gasteiger partial charge in [-0.15, -0.1) is 0 Å². The number of hydrogen-bond acceptors (Lipinski definition) is 2. The minimum absolute atomic E-state index is 0.212. The van der Waals surface area contributed by atoms with E-state index in [4.69, 9.17) is 11.6 Å². The third-order valence-electron chi connectivity index (χ3n) is 4.97. The van der Waals surface area contributed by atoms with E-state index in [-0.39, 0.29) is 11.0 Å². The average Bonchev–Trinajstić information content (AvgIpc) is 2.40. The van der Waals surface area contributed by atoms with Crippen LogP contribution in [0.1, 0.15) is 46.6 Å². The van der Waals surface area contributed by atoms with Gasteiger partial charge >= 0.3 is 0 Å². The summed E-state index contributed by atoms with van der Waals surface area (Å²) in [5.74, 6) is 0. The summed E-state index contributed by atoms with van der Waals surface area (Å²) < 4.78 is 0. The van der Waals surface area contributed by atoms with Crippen LogP contribution in [0.25, 0.3) is 0 Å². The lowest BCUT2D eigenvalue weighted by atomic mass is 9.81. The molecule has 1 aliphatic heterocycles. The van der Waals surface area contributed by atoms with Crippen molar-refractivity contribution in [2.75, 3.05) is 13.1 Å². The summed E-state index contributed by atoms with van der Waals surface area (Å²) in [4.78, 5) is 2.63. The molecule has 0 radical (unpaired) electrons. The first kappa shape index (κ1) is 16.8. The van der Waals surface area contributed by atoms with Crippen molar-refractivity contribution in [3.63, 3.8) is 0 Å². The zero-order chi connectivity index (χ0) is 15.7. The van der Waals surface area contributed by atoms with Crippen LogP contribution in [0.2, 0.25) is 5.02 Å². The van der Waals surface area contributed by atoms with E-state index in [0.717, 1.165) is 31.1 Å². The number of piperazine rings is 1. The molecule has 2 rings (SSSR count). The van der Waals surface area contributed by atoms with E-state index < -0.39 is 0 Å². The summed E-state index contributed by atoms with van der Waals surface area (Å²) in [5.41, 5.74) is 1.79. The Bertz CT molecular complexity index is 480. The molecule has 0 aromatic heterocycles. The van der Waals surface area contributed by atoms with Gasteiger partial charge < -0.3 is 5.32 Å². The number of rotatable bonds is 3. The summed E-state index contributed by atoms with van der Waals surface area (Å²) in [6.45, 7) is 14.7. The highest BCUT2D eigenvalue weighted by Gasteiger charge is 2.39. The first-order chi connectivity index (χ1) is 9.74. The molecule has 118 valence electrons. The molecule has 1 aromatic carbocycles. The lowest BCUT2D eigenvalue weighted by Gasteiger charge is -2.51. The Balaban J connectivity index is 2.18. The van der Waals surface area contributed by atoms with Crippen LogP contribution in [0, 0.1) is 5.41 Å². The topological polar surface area (TPSA) is 15.3 Å². The molecule has 2 atom stereocenters. The van der Waals surface area contributed by atoms with Gasteiger partial charge in [-0.3, -0.25) is 4.90 Å². The Morgan fingerprint density at radius 1 is 1.38 bits per heavy atom. The van der Waals surface area contributed by atoms with Gasteiger partial charge in [0.1, 0.15) is 0 Å². The maximum Gasteiger partial charge on any atom is 0.0409 e. The van der Waals surface area contributed by atoms with E-state index in [1.54, 1.807) is 0 Å². The molecule has 1 saturated heterocycles. The number of halogens is 1. The Morgan fingerprint density at radius 3 is 2.67 bits per heavy atom. The minimum Gasteiger partial charge on any atom is -0.310 e. The van der Waals surface area contributed by atoms with Crippen LogP contribution in [0.4, 0.5) is 0 Å². The fraction of sp³-hybridized carbons (Fsp3) is 0.667. The third-order valence-corrected chi connectivity index (χ3v) is 5.20. The second-order valence-corrected chi connectivity index (χ2v) is 8.10. The van der Waals surface area contributed by atoms with Crippen molar-refractivity contribution in [1.29, 1.82) is 0 Å². The molecular formula is C18H29ClN2. The predicted molar refractivity (Wildman–Crippen MR) is 91.8 cm³/mol. The zero-order valence-corrected chi connectivity index (χ0v) is 14.8. The molecule has 1 N–H and O–H groups in total. The molecule has 2 unspecified atom stereocenters. The number of benzene rings is 1. The minimum atomic E-state index is 0.212. The van der Waals surface area contributed by atoms with Crippen LogP contribution in [0.15, 0.2) is 24.3 Å². The molecule has 21 heavy (non-hydrogen) atoms. The van der Waals surface area contributed by atoms with Gasteiger partial charge in [-0.25, -0.2) is 0 Å². The maximum absolute atomic E-state index is 6.14. The molecule has 0 saturated carbocycles. The molecule has 1 aliphatic rings. The molecule has 3 heteroatoms. The molecule has 0 spiro atoms. The number of hydrogen-bond donors (Lipinski definition) is 1. The highest BCUT2D eigenvalue weighted by Crippen LogP contribution is 2.31. The monoisotopic (exact) mass is 308 g/mol. The van der Waals surface area contributed by atoms with Gasteiger partial charge in [0.05, 0.1) is 0 Å². The molecule has 0 aliphatic carbocycles. The van der Waals surface area contributed by atoms with E-state index >= 15 is 0 Å². The Hall–Kier alpha value is -0.570. The van der Waals surface area contributed by atoms with Crippen molar-refractivity contribution in [3.8, 4) is 0 Å². The Morgan fingerprint density at radius 2 is 2.10 bits per heavy atom. The van der Waals surface area contributed by atoms with Crippen molar-refractivity contribution in [2.24, 2.45) is 5.41 Å². The summed E-state index contributed by atoms with van der Waals surface area (Å²) in [5, 5.41) is 4.59. The fourth-order valence-corrected chi connectivity index (χ4v) is 3.21. The fourth-order valence-electron chi connectivity index (χ4n) is 3.00. The molecule has 1 aromatic rings. The van der Waals surface area contributed by atoms with Gasteiger partial charge in [-0.1, -0.05) is 51.4 Å². The smallest absolute Gasteiger partial charge is 0.0409 e. The number of nitrogens with one attached hydrogen (secondary N) is 1. The van der Waals surface area contributed by atoms with Crippen molar-refractivity contribution in [2.45, 2.75) is 59.2 Å². The third kappa shape index (κ3) is 4.00. The van der Waals surface area contributed by atoms with Crippen LogP contribution in [0.5, 0.6) is 0 Å². The van der Waals surface area contributed by atoms with E-state index in [0.29, 0.717) is 6.04 Å². The standard InChI is InChI=1S/C18H29ClN2/c1-6-18(5)13-20-16(17(2,3)4)12-21(18)11-14-8-7-9-15(19)10-14/h7-10,16,20H,6,11-13H2,1-5H3. The van der Waals surface area contributed by atoms with Crippen LogP contribution in [0.3, 0.4) is 0 Å². The second-order valence-electron chi connectivity index (χ2n) is 7.66. The van der Waals surface area contributed by atoms with Crippen LogP contribution >= 0.6 is 11.6 Å². The lowest BCUT2D eigenvalue weighted by Crippen LogP contribution is -2.65.